The topological polar surface area (TPSA) is 61.8 Å². The van der Waals surface area contributed by atoms with E-state index >= 15 is 0 Å². The van der Waals surface area contributed by atoms with Gasteiger partial charge < -0.3 is 15.2 Å². The van der Waals surface area contributed by atoms with Crippen LogP contribution in [-0.4, -0.2) is 46.9 Å². The molecule has 1 heterocycles. The summed E-state index contributed by atoms with van der Waals surface area (Å²) in [5.41, 5.74) is 1.79. The van der Waals surface area contributed by atoms with Gasteiger partial charge in [-0.05, 0) is 44.7 Å². The van der Waals surface area contributed by atoms with E-state index in [2.05, 4.69) is 16.3 Å². The third kappa shape index (κ3) is 3.67. The summed E-state index contributed by atoms with van der Waals surface area (Å²) >= 11 is 0. The molecular formula is C18H26N2O3. The number of likely N-dealkylation sites (tertiary alicyclic amines) is 1. The molecule has 1 amide bonds. The van der Waals surface area contributed by atoms with E-state index in [1.165, 1.54) is 5.56 Å². The summed E-state index contributed by atoms with van der Waals surface area (Å²) in [5, 5.41) is 13.5. The fourth-order valence-corrected chi connectivity index (χ4v) is 3.56. The van der Waals surface area contributed by atoms with Gasteiger partial charge in [-0.25, -0.2) is 4.79 Å². The maximum atomic E-state index is 11.9. The molecule has 1 aliphatic carbocycles. The monoisotopic (exact) mass is 318 g/mol. The Morgan fingerprint density at radius 3 is 2.78 bits per heavy atom. The van der Waals surface area contributed by atoms with Crippen molar-refractivity contribution in [2.75, 3.05) is 13.1 Å². The van der Waals surface area contributed by atoms with Gasteiger partial charge in [0.05, 0.1) is 6.10 Å². The molecule has 3 rings (SSSR count). The number of carbonyl (C=O) groups is 1. The number of fused-ring (bicyclic) bond motifs is 1. The SMILES string of the molecule is CC(C)(C)OC(=O)NC1CCN(C2Cc3ccccc3C2O)C1. The minimum Gasteiger partial charge on any atom is -0.444 e. The molecule has 1 aromatic rings. The lowest BCUT2D eigenvalue weighted by Crippen LogP contribution is -2.43. The molecule has 1 aromatic carbocycles. The van der Waals surface area contributed by atoms with Crippen LogP contribution in [0, 0.1) is 0 Å². The van der Waals surface area contributed by atoms with E-state index < -0.39 is 11.7 Å². The molecule has 5 heteroatoms. The fraction of sp³-hybridized carbons (Fsp3) is 0.611. The Bertz CT molecular complexity index is 582. The molecular weight excluding hydrogens is 292 g/mol. The number of hydrogen-bond acceptors (Lipinski definition) is 4. The van der Waals surface area contributed by atoms with Crippen LogP contribution in [0.3, 0.4) is 0 Å². The van der Waals surface area contributed by atoms with Crippen LogP contribution in [0.5, 0.6) is 0 Å². The van der Waals surface area contributed by atoms with Crippen molar-refractivity contribution in [3.05, 3.63) is 35.4 Å². The van der Waals surface area contributed by atoms with Crippen molar-refractivity contribution < 1.29 is 14.6 Å². The van der Waals surface area contributed by atoms with Crippen molar-refractivity contribution in [1.82, 2.24) is 10.2 Å². The van der Waals surface area contributed by atoms with Gasteiger partial charge in [-0.15, -0.1) is 0 Å². The predicted molar refractivity (Wildman–Crippen MR) is 88.2 cm³/mol. The Kier molecular flexibility index (Phi) is 4.34. The van der Waals surface area contributed by atoms with Crippen molar-refractivity contribution in [3.8, 4) is 0 Å². The maximum absolute atomic E-state index is 11.9. The van der Waals surface area contributed by atoms with E-state index in [0.29, 0.717) is 0 Å². The quantitative estimate of drug-likeness (QED) is 0.878. The molecule has 2 aliphatic rings. The highest BCUT2D eigenvalue weighted by Crippen LogP contribution is 2.35. The second kappa shape index (κ2) is 6.13. The molecule has 1 fully saturated rings. The van der Waals surface area contributed by atoms with Crippen LogP contribution in [-0.2, 0) is 11.2 Å². The number of ether oxygens (including phenoxy) is 1. The van der Waals surface area contributed by atoms with Crippen molar-refractivity contribution in [2.45, 2.75) is 57.4 Å². The van der Waals surface area contributed by atoms with E-state index in [1.54, 1.807) is 0 Å². The first kappa shape index (κ1) is 16.3. The first-order valence-electron chi connectivity index (χ1n) is 8.33. The van der Waals surface area contributed by atoms with E-state index in [-0.39, 0.29) is 18.2 Å². The molecule has 3 unspecified atom stereocenters. The van der Waals surface area contributed by atoms with Gasteiger partial charge in [0, 0.05) is 25.2 Å². The first-order chi connectivity index (χ1) is 10.8. The van der Waals surface area contributed by atoms with Gasteiger partial charge in [-0.3, -0.25) is 4.90 Å². The zero-order valence-electron chi connectivity index (χ0n) is 14.1. The van der Waals surface area contributed by atoms with Gasteiger partial charge in [-0.1, -0.05) is 24.3 Å². The van der Waals surface area contributed by atoms with E-state index in [0.717, 1.165) is 31.5 Å². The van der Waals surface area contributed by atoms with Crippen molar-refractivity contribution in [3.63, 3.8) is 0 Å². The molecule has 0 radical (unpaired) electrons. The maximum Gasteiger partial charge on any atom is 0.407 e. The zero-order valence-corrected chi connectivity index (χ0v) is 14.1. The van der Waals surface area contributed by atoms with Crippen LogP contribution in [0.15, 0.2) is 24.3 Å². The standard InChI is InChI=1S/C18H26N2O3/c1-18(2,3)23-17(22)19-13-8-9-20(11-13)15-10-12-6-4-5-7-14(12)16(15)21/h4-7,13,15-16,21H,8-11H2,1-3H3,(H,19,22). The molecule has 0 spiro atoms. The average Bonchev–Trinajstić information content (AvgIpc) is 3.02. The molecule has 3 atom stereocenters. The van der Waals surface area contributed by atoms with Crippen molar-refractivity contribution in [1.29, 1.82) is 0 Å². The number of aliphatic hydroxyl groups excluding tert-OH is 1. The highest BCUT2D eigenvalue weighted by Gasteiger charge is 2.38. The van der Waals surface area contributed by atoms with Crippen LogP contribution in [0.4, 0.5) is 4.79 Å². The van der Waals surface area contributed by atoms with Crippen LogP contribution in [0.1, 0.15) is 44.4 Å². The van der Waals surface area contributed by atoms with Gasteiger partial charge in [-0.2, -0.15) is 0 Å². The number of alkyl carbamates (subject to hydrolysis) is 1. The lowest BCUT2D eigenvalue weighted by molar-refractivity contribution is 0.0493. The number of hydrogen-bond donors (Lipinski definition) is 2. The van der Waals surface area contributed by atoms with E-state index in [1.807, 2.05) is 39.0 Å². The van der Waals surface area contributed by atoms with E-state index in [4.69, 9.17) is 4.74 Å². The highest BCUT2D eigenvalue weighted by molar-refractivity contribution is 5.68. The summed E-state index contributed by atoms with van der Waals surface area (Å²) in [4.78, 5) is 14.2. The first-order valence-corrected chi connectivity index (χ1v) is 8.33. The largest absolute Gasteiger partial charge is 0.444 e. The zero-order chi connectivity index (χ0) is 16.6. The second-order valence-electron chi connectivity index (χ2n) is 7.54. The molecule has 126 valence electrons. The Hall–Kier alpha value is -1.59. The number of amides is 1. The van der Waals surface area contributed by atoms with Crippen LogP contribution < -0.4 is 5.32 Å². The lowest BCUT2D eigenvalue weighted by Gasteiger charge is -2.27. The number of nitrogens with zero attached hydrogens (tertiary/aromatic N) is 1. The number of carbonyl (C=O) groups excluding carboxylic acids is 1. The van der Waals surface area contributed by atoms with E-state index in [9.17, 15) is 9.90 Å². The predicted octanol–water partition coefficient (Wildman–Crippen LogP) is 2.24. The number of nitrogens with one attached hydrogen (secondary N) is 1. The van der Waals surface area contributed by atoms with Gasteiger partial charge in [0.1, 0.15) is 5.60 Å². The van der Waals surface area contributed by atoms with Crippen molar-refractivity contribution in [2.24, 2.45) is 0 Å². The molecule has 1 saturated heterocycles. The summed E-state index contributed by atoms with van der Waals surface area (Å²) in [6.07, 6.45) is 0.959. The Balaban J connectivity index is 1.56. The average molecular weight is 318 g/mol. The molecule has 23 heavy (non-hydrogen) atoms. The fourth-order valence-electron chi connectivity index (χ4n) is 3.56. The molecule has 5 nitrogen and oxygen atoms in total. The minimum atomic E-state index is -0.480. The normalized spacial score (nSPS) is 27.7. The summed E-state index contributed by atoms with van der Waals surface area (Å²) in [6, 6.07) is 8.28. The smallest absolute Gasteiger partial charge is 0.407 e. The summed E-state index contributed by atoms with van der Waals surface area (Å²) in [7, 11) is 0. The molecule has 2 N–H and O–H groups in total. The molecule has 1 aliphatic heterocycles. The highest BCUT2D eigenvalue weighted by atomic mass is 16.6. The second-order valence-corrected chi connectivity index (χ2v) is 7.54. The third-order valence-corrected chi connectivity index (χ3v) is 4.58. The summed E-state index contributed by atoms with van der Waals surface area (Å²) in [5.74, 6) is 0. The van der Waals surface area contributed by atoms with Crippen LogP contribution in [0.2, 0.25) is 0 Å². The third-order valence-electron chi connectivity index (χ3n) is 4.58. The molecule has 0 aromatic heterocycles. The Morgan fingerprint density at radius 2 is 2.09 bits per heavy atom. The lowest BCUT2D eigenvalue weighted by atomic mass is 10.1. The van der Waals surface area contributed by atoms with Gasteiger partial charge >= 0.3 is 6.09 Å². The summed E-state index contributed by atoms with van der Waals surface area (Å²) < 4.78 is 5.31. The van der Waals surface area contributed by atoms with Gasteiger partial charge in [0.15, 0.2) is 0 Å². The van der Waals surface area contributed by atoms with Gasteiger partial charge in [0.25, 0.3) is 0 Å². The van der Waals surface area contributed by atoms with Crippen molar-refractivity contribution >= 4 is 6.09 Å². The van der Waals surface area contributed by atoms with Crippen LogP contribution in [0.25, 0.3) is 0 Å². The van der Waals surface area contributed by atoms with Gasteiger partial charge in [0.2, 0.25) is 0 Å². The van der Waals surface area contributed by atoms with Crippen LogP contribution >= 0.6 is 0 Å². The molecule has 0 bridgehead atoms. The number of aliphatic hydroxyl groups is 1. The molecule has 0 saturated carbocycles. The summed E-state index contributed by atoms with van der Waals surface area (Å²) in [6.45, 7) is 7.23. The Labute approximate surface area is 137 Å². The Morgan fingerprint density at radius 1 is 1.35 bits per heavy atom. The minimum absolute atomic E-state index is 0.0840. The number of benzene rings is 1. The number of rotatable bonds is 2.